The lowest BCUT2D eigenvalue weighted by atomic mass is 10.1. The molecule has 0 N–H and O–H groups in total. The quantitative estimate of drug-likeness (QED) is 0.375. The van der Waals surface area contributed by atoms with E-state index in [2.05, 4.69) is 65.2 Å². The number of carbonyl (C=O) groups is 1. The van der Waals surface area contributed by atoms with Crippen LogP contribution in [0, 0.1) is 0 Å². The van der Waals surface area contributed by atoms with Crippen molar-refractivity contribution in [2.75, 3.05) is 0 Å². The van der Waals surface area contributed by atoms with E-state index in [0.717, 1.165) is 27.1 Å². The Morgan fingerprint density at radius 2 is 1.54 bits per heavy atom. The van der Waals surface area contributed by atoms with E-state index in [-0.39, 0.29) is 0 Å². The molecule has 0 saturated carbocycles. The summed E-state index contributed by atoms with van der Waals surface area (Å²) in [5.41, 5.74) is 2.33. The van der Waals surface area contributed by atoms with Gasteiger partial charge in [-0.2, -0.15) is 0 Å². The van der Waals surface area contributed by atoms with E-state index in [0.29, 0.717) is 0 Å². The van der Waals surface area contributed by atoms with Crippen molar-refractivity contribution in [2.45, 2.75) is 0 Å². The van der Waals surface area contributed by atoms with Crippen molar-refractivity contribution in [3.63, 3.8) is 0 Å². The van der Waals surface area contributed by atoms with Crippen molar-refractivity contribution in [2.24, 2.45) is 0 Å². The molecule has 0 saturated heterocycles. The van der Waals surface area contributed by atoms with Crippen molar-refractivity contribution in [1.82, 2.24) is 4.57 Å². The predicted octanol–water partition coefficient (Wildman–Crippen LogP) is 5.81. The summed E-state index contributed by atoms with van der Waals surface area (Å²) in [6.07, 6.45) is 0.937. The van der Waals surface area contributed by atoms with E-state index in [1.54, 1.807) is 11.3 Å². The summed E-state index contributed by atoms with van der Waals surface area (Å²) >= 11 is 1.55. The van der Waals surface area contributed by atoms with E-state index in [9.17, 15) is 4.79 Å². The topological polar surface area (TPSA) is 22.0 Å². The molecule has 0 aliphatic carbocycles. The molecule has 0 spiro atoms. The summed E-state index contributed by atoms with van der Waals surface area (Å²) in [6.45, 7) is 0. The third kappa shape index (κ3) is 1.79. The standard InChI is InChI=1S/C21H13NOS/c23-13-15-12-18-17-9-3-4-10-20(17)22(21(18)24-15)19-11-5-7-14-6-1-2-8-16(14)19/h1-13H. The number of aromatic nitrogens is 1. The van der Waals surface area contributed by atoms with Crippen LogP contribution in [0.5, 0.6) is 0 Å². The van der Waals surface area contributed by atoms with Gasteiger partial charge in [0.1, 0.15) is 4.83 Å². The van der Waals surface area contributed by atoms with Crippen LogP contribution in [0.1, 0.15) is 9.67 Å². The van der Waals surface area contributed by atoms with Crippen molar-refractivity contribution in [3.05, 3.63) is 77.7 Å². The lowest BCUT2D eigenvalue weighted by molar-refractivity contribution is 0.112. The van der Waals surface area contributed by atoms with Crippen LogP contribution in [-0.4, -0.2) is 10.9 Å². The molecule has 24 heavy (non-hydrogen) atoms. The minimum Gasteiger partial charge on any atom is -0.300 e. The molecule has 0 radical (unpaired) electrons. The van der Waals surface area contributed by atoms with Gasteiger partial charge in [0.05, 0.1) is 16.1 Å². The number of nitrogens with zero attached hydrogens (tertiary/aromatic N) is 1. The average molecular weight is 327 g/mol. The molecule has 0 fully saturated rings. The number of hydrogen-bond acceptors (Lipinski definition) is 2. The highest BCUT2D eigenvalue weighted by molar-refractivity contribution is 7.20. The molecule has 3 aromatic carbocycles. The minimum absolute atomic E-state index is 0.764. The Kier molecular flexibility index (Phi) is 2.84. The van der Waals surface area contributed by atoms with Gasteiger partial charge >= 0.3 is 0 Å². The number of rotatable bonds is 2. The highest BCUT2D eigenvalue weighted by atomic mass is 32.1. The van der Waals surface area contributed by atoms with Crippen LogP contribution in [0.2, 0.25) is 0 Å². The van der Waals surface area contributed by atoms with Crippen LogP contribution >= 0.6 is 11.3 Å². The smallest absolute Gasteiger partial charge is 0.160 e. The molecule has 2 aromatic heterocycles. The summed E-state index contributed by atoms with van der Waals surface area (Å²) in [5, 5.41) is 4.76. The van der Waals surface area contributed by atoms with Crippen LogP contribution in [0.15, 0.2) is 72.8 Å². The first-order valence-electron chi connectivity index (χ1n) is 7.83. The lowest BCUT2D eigenvalue weighted by Crippen LogP contribution is -1.93. The van der Waals surface area contributed by atoms with Crippen molar-refractivity contribution < 1.29 is 4.79 Å². The second-order valence-corrected chi connectivity index (χ2v) is 6.90. The van der Waals surface area contributed by atoms with Gasteiger partial charge < -0.3 is 4.57 Å². The van der Waals surface area contributed by atoms with Gasteiger partial charge in [0.15, 0.2) is 6.29 Å². The summed E-state index contributed by atoms with van der Waals surface area (Å²) < 4.78 is 2.28. The second kappa shape index (κ2) is 5.05. The van der Waals surface area contributed by atoms with E-state index in [1.807, 2.05) is 12.1 Å². The summed E-state index contributed by atoms with van der Waals surface area (Å²) in [5.74, 6) is 0. The fraction of sp³-hybridized carbons (Fsp3) is 0. The van der Waals surface area contributed by atoms with E-state index in [4.69, 9.17) is 0 Å². The number of aldehydes is 1. The number of fused-ring (bicyclic) bond motifs is 4. The largest absolute Gasteiger partial charge is 0.300 e. The molecule has 0 unspecified atom stereocenters. The van der Waals surface area contributed by atoms with Gasteiger partial charge in [0.25, 0.3) is 0 Å². The molecule has 5 rings (SSSR count). The monoisotopic (exact) mass is 327 g/mol. The third-order valence-electron chi connectivity index (χ3n) is 4.49. The van der Waals surface area contributed by atoms with Crippen LogP contribution < -0.4 is 0 Å². The van der Waals surface area contributed by atoms with E-state index < -0.39 is 0 Å². The Labute approximate surface area is 142 Å². The first-order chi connectivity index (χ1) is 11.9. The number of carbonyl (C=O) groups excluding carboxylic acids is 1. The normalized spacial score (nSPS) is 11.5. The molecular formula is C21H13NOS. The van der Waals surface area contributed by atoms with Crippen molar-refractivity contribution in [1.29, 1.82) is 0 Å². The molecule has 0 bridgehead atoms. The SMILES string of the molecule is O=Cc1cc2c3ccccc3n(-c3cccc4ccccc34)c2s1. The fourth-order valence-corrected chi connectivity index (χ4v) is 4.48. The highest BCUT2D eigenvalue weighted by Crippen LogP contribution is 2.38. The lowest BCUT2D eigenvalue weighted by Gasteiger charge is -2.10. The molecule has 5 aromatic rings. The van der Waals surface area contributed by atoms with Gasteiger partial charge in [0.2, 0.25) is 0 Å². The van der Waals surface area contributed by atoms with Crippen LogP contribution in [0.25, 0.3) is 37.6 Å². The summed E-state index contributed by atoms with van der Waals surface area (Å²) in [4.78, 5) is 13.2. The second-order valence-electron chi connectivity index (χ2n) is 5.84. The van der Waals surface area contributed by atoms with Gasteiger partial charge in [-0.25, -0.2) is 0 Å². The third-order valence-corrected chi connectivity index (χ3v) is 5.54. The summed E-state index contributed by atoms with van der Waals surface area (Å²) in [6, 6.07) is 25.2. The molecule has 0 aliphatic rings. The Balaban J connectivity index is 2.00. The number of benzene rings is 3. The van der Waals surface area contributed by atoms with Gasteiger partial charge in [-0.1, -0.05) is 54.6 Å². The Morgan fingerprint density at radius 1 is 0.792 bits per heavy atom. The predicted molar refractivity (Wildman–Crippen MR) is 102 cm³/mol. The molecule has 2 nitrogen and oxygen atoms in total. The number of hydrogen-bond donors (Lipinski definition) is 0. The summed E-state index contributed by atoms with van der Waals surface area (Å²) in [7, 11) is 0. The van der Waals surface area contributed by atoms with E-state index >= 15 is 0 Å². The first kappa shape index (κ1) is 13.5. The van der Waals surface area contributed by atoms with Gasteiger partial charge in [-0.15, -0.1) is 11.3 Å². The molecule has 114 valence electrons. The maximum atomic E-state index is 11.3. The van der Waals surface area contributed by atoms with Crippen molar-refractivity contribution >= 4 is 49.5 Å². The molecule has 2 heterocycles. The zero-order chi connectivity index (χ0) is 16.1. The fourth-order valence-electron chi connectivity index (χ4n) is 3.47. The molecular weight excluding hydrogens is 314 g/mol. The van der Waals surface area contributed by atoms with Gasteiger partial charge in [-0.05, 0) is 23.6 Å². The zero-order valence-electron chi connectivity index (χ0n) is 12.8. The van der Waals surface area contributed by atoms with Gasteiger partial charge in [0, 0.05) is 16.2 Å². The van der Waals surface area contributed by atoms with Gasteiger partial charge in [-0.3, -0.25) is 4.79 Å². The first-order valence-corrected chi connectivity index (χ1v) is 8.65. The Morgan fingerprint density at radius 3 is 2.42 bits per heavy atom. The maximum Gasteiger partial charge on any atom is 0.160 e. The number of thiophene rings is 1. The molecule has 0 atom stereocenters. The van der Waals surface area contributed by atoms with Crippen LogP contribution in [-0.2, 0) is 0 Å². The minimum atomic E-state index is 0.764. The highest BCUT2D eigenvalue weighted by Gasteiger charge is 2.16. The average Bonchev–Trinajstić information content (AvgIpc) is 3.18. The Bertz CT molecular complexity index is 1220. The van der Waals surface area contributed by atoms with E-state index in [1.165, 1.54) is 21.7 Å². The number of para-hydroxylation sites is 1. The maximum absolute atomic E-state index is 11.3. The van der Waals surface area contributed by atoms with Crippen LogP contribution in [0.4, 0.5) is 0 Å². The molecule has 0 amide bonds. The molecule has 3 heteroatoms. The van der Waals surface area contributed by atoms with Crippen molar-refractivity contribution in [3.8, 4) is 5.69 Å². The molecule has 0 aliphatic heterocycles. The Hall–Kier alpha value is -2.91. The van der Waals surface area contributed by atoms with Crippen LogP contribution in [0.3, 0.4) is 0 Å². The zero-order valence-corrected chi connectivity index (χ0v) is 13.6.